The number of hydrogen-bond donors (Lipinski definition) is 1. The predicted octanol–water partition coefficient (Wildman–Crippen LogP) is 4.73. The molecule has 1 aromatic carbocycles. The Morgan fingerprint density at radius 2 is 2.10 bits per heavy atom. The molecule has 3 rings (SSSR count). The van der Waals surface area contributed by atoms with Gasteiger partial charge in [-0.3, -0.25) is 4.79 Å². The highest BCUT2D eigenvalue weighted by Gasteiger charge is 2.49. The smallest absolute Gasteiger partial charge is 0.309 e. The second kappa shape index (κ2) is 5.15. The van der Waals surface area contributed by atoms with Crippen LogP contribution in [0.4, 0.5) is 0 Å². The number of hydrogen-bond acceptors (Lipinski definition) is 1. The minimum atomic E-state index is -0.598. The van der Waals surface area contributed by atoms with Crippen molar-refractivity contribution in [3.63, 3.8) is 0 Å². The molecule has 2 aliphatic carbocycles. The molecule has 0 aliphatic heterocycles. The van der Waals surface area contributed by atoms with E-state index in [0.717, 1.165) is 32.1 Å². The summed E-state index contributed by atoms with van der Waals surface area (Å²) in [7, 11) is 0. The average Bonchev–Trinajstić information content (AvgIpc) is 2.46. The van der Waals surface area contributed by atoms with E-state index in [4.69, 9.17) is 0 Å². The Labute approximate surface area is 127 Å². The number of aryl methyl sites for hydroxylation is 1. The van der Waals surface area contributed by atoms with Crippen molar-refractivity contribution in [3.8, 4) is 0 Å². The van der Waals surface area contributed by atoms with Crippen LogP contribution in [0.5, 0.6) is 0 Å². The Morgan fingerprint density at radius 3 is 2.76 bits per heavy atom. The average molecular weight is 286 g/mol. The third kappa shape index (κ3) is 2.29. The molecule has 0 unspecified atom stereocenters. The van der Waals surface area contributed by atoms with E-state index in [-0.39, 0.29) is 0 Å². The van der Waals surface area contributed by atoms with Crippen molar-refractivity contribution in [3.05, 3.63) is 34.9 Å². The highest BCUT2D eigenvalue weighted by molar-refractivity contribution is 5.75. The molecule has 0 radical (unpaired) electrons. The Balaban J connectivity index is 1.98. The van der Waals surface area contributed by atoms with E-state index >= 15 is 0 Å². The van der Waals surface area contributed by atoms with Gasteiger partial charge in [-0.15, -0.1) is 0 Å². The molecule has 0 aromatic heterocycles. The van der Waals surface area contributed by atoms with Crippen LogP contribution >= 0.6 is 0 Å². The van der Waals surface area contributed by atoms with Gasteiger partial charge in [0.15, 0.2) is 0 Å². The van der Waals surface area contributed by atoms with Crippen molar-refractivity contribution in [2.75, 3.05) is 0 Å². The van der Waals surface area contributed by atoms with Crippen LogP contribution in [0.15, 0.2) is 18.2 Å². The number of rotatable bonds is 2. The second-order valence-electron chi connectivity index (χ2n) is 7.48. The first-order chi connectivity index (χ1) is 9.93. The SMILES string of the molecule is CC(C)c1ccc2c(c1)CC[C@@H]1[C@@H]2CCC[C@@]1(C)C(=O)O. The van der Waals surface area contributed by atoms with Crippen molar-refractivity contribution in [1.82, 2.24) is 0 Å². The topological polar surface area (TPSA) is 37.3 Å². The molecule has 0 heterocycles. The maximum atomic E-state index is 11.8. The molecular formula is C19H26O2. The van der Waals surface area contributed by atoms with Crippen LogP contribution in [0.2, 0.25) is 0 Å². The maximum absolute atomic E-state index is 11.8. The van der Waals surface area contributed by atoms with Crippen molar-refractivity contribution in [2.45, 2.75) is 64.7 Å². The molecule has 2 nitrogen and oxygen atoms in total. The third-order valence-electron chi connectivity index (χ3n) is 5.96. The Morgan fingerprint density at radius 1 is 1.33 bits per heavy atom. The molecule has 1 saturated carbocycles. The minimum absolute atomic E-state index is 0.307. The lowest BCUT2D eigenvalue weighted by molar-refractivity contribution is -0.154. The molecule has 0 amide bonds. The number of aliphatic carboxylic acids is 1. The zero-order valence-electron chi connectivity index (χ0n) is 13.4. The number of benzene rings is 1. The van der Waals surface area contributed by atoms with Gasteiger partial charge >= 0.3 is 5.97 Å². The number of fused-ring (bicyclic) bond motifs is 3. The third-order valence-corrected chi connectivity index (χ3v) is 5.96. The van der Waals surface area contributed by atoms with E-state index in [1.165, 1.54) is 16.7 Å². The van der Waals surface area contributed by atoms with Gasteiger partial charge in [0.05, 0.1) is 5.41 Å². The summed E-state index contributed by atoms with van der Waals surface area (Å²) in [6.07, 6.45) is 5.10. The van der Waals surface area contributed by atoms with E-state index in [1.807, 2.05) is 6.92 Å². The van der Waals surface area contributed by atoms with E-state index in [9.17, 15) is 9.90 Å². The highest BCUT2D eigenvalue weighted by atomic mass is 16.4. The lowest BCUT2D eigenvalue weighted by atomic mass is 9.56. The number of carboxylic acid groups (broad SMARTS) is 1. The number of carboxylic acids is 1. The number of carbonyl (C=O) groups is 1. The summed E-state index contributed by atoms with van der Waals surface area (Å²) in [6.45, 7) is 6.44. The van der Waals surface area contributed by atoms with Gasteiger partial charge in [0.2, 0.25) is 0 Å². The van der Waals surface area contributed by atoms with Gasteiger partial charge in [-0.05, 0) is 67.1 Å². The van der Waals surface area contributed by atoms with Crippen LogP contribution < -0.4 is 0 Å². The molecule has 0 spiro atoms. The van der Waals surface area contributed by atoms with Gasteiger partial charge in [0.1, 0.15) is 0 Å². The molecule has 2 heteroatoms. The molecule has 2 aliphatic rings. The Kier molecular flexibility index (Phi) is 3.59. The lowest BCUT2D eigenvalue weighted by Crippen LogP contribution is -2.44. The van der Waals surface area contributed by atoms with Crippen molar-refractivity contribution in [2.24, 2.45) is 11.3 Å². The molecule has 3 atom stereocenters. The molecule has 114 valence electrons. The summed E-state index contributed by atoms with van der Waals surface area (Å²) >= 11 is 0. The van der Waals surface area contributed by atoms with Gasteiger partial charge in [-0.2, -0.15) is 0 Å². The van der Waals surface area contributed by atoms with Crippen LogP contribution in [-0.2, 0) is 11.2 Å². The molecule has 0 saturated heterocycles. The molecule has 1 aromatic rings. The van der Waals surface area contributed by atoms with Gasteiger partial charge in [-0.25, -0.2) is 0 Å². The van der Waals surface area contributed by atoms with Crippen molar-refractivity contribution >= 4 is 5.97 Å². The van der Waals surface area contributed by atoms with Crippen LogP contribution in [0.25, 0.3) is 0 Å². The van der Waals surface area contributed by atoms with Gasteiger partial charge in [0, 0.05) is 0 Å². The summed E-state index contributed by atoms with van der Waals surface area (Å²) < 4.78 is 0. The fourth-order valence-corrected chi connectivity index (χ4v) is 4.55. The van der Waals surface area contributed by atoms with Crippen molar-refractivity contribution in [1.29, 1.82) is 0 Å². The fourth-order valence-electron chi connectivity index (χ4n) is 4.55. The van der Waals surface area contributed by atoms with Crippen LogP contribution in [0.1, 0.15) is 75.0 Å². The minimum Gasteiger partial charge on any atom is -0.481 e. The molecular weight excluding hydrogens is 260 g/mol. The van der Waals surface area contributed by atoms with E-state index in [0.29, 0.717) is 17.8 Å². The monoisotopic (exact) mass is 286 g/mol. The van der Waals surface area contributed by atoms with Gasteiger partial charge in [-0.1, -0.05) is 38.5 Å². The Bertz CT molecular complexity index is 561. The first-order valence-electron chi connectivity index (χ1n) is 8.29. The summed E-state index contributed by atoms with van der Waals surface area (Å²) in [6, 6.07) is 6.90. The first kappa shape index (κ1) is 14.6. The van der Waals surface area contributed by atoms with Gasteiger partial charge < -0.3 is 5.11 Å². The second-order valence-corrected chi connectivity index (χ2v) is 7.48. The first-order valence-corrected chi connectivity index (χ1v) is 8.29. The standard InChI is InChI=1S/C19H26O2/c1-12(2)13-6-8-15-14(11-13)7-9-17-16(15)5-4-10-19(17,3)18(20)21/h6,8,11-12,16-17H,4-5,7,9-10H2,1-3H3,(H,20,21)/t16-,17-,19-/m1/s1. The molecule has 1 N–H and O–H groups in total. The summed E-state index contributed by atoms with van der Waals surface area (Å²) in [5.41, 5.74) is 3.78. The summed E-state index contributed by atoms with van der Waals surface area (Å²) in [5, 5.41) is 9.70. The van der Waals surface area contributed by atoms with Crippen LogP contribution in [-0.4, -0.2) is 11.1 Å². The zero-order chi connectivity index (χ0) is 15.2. The van der Waals surface area contributed by atoms with E-state index in [2.05, 4.69) is 32.0 Å². The normalized spacial score (nSPS) is 31.6. The highest BCUT2D eigenvalue weighted by Crippen LogP contribution is 2.53. The largest absolute Gasteiger partial charge is 0.481 e. The lowest BCUT2D eigenvalue weighted by Gasteiger charge is -2.46. The van der Waals surface area contributed by atoms with Crippen LogP contribution in [0, 0.1) is 11.3 Å². The molecule has 21 heavy (non-hydrogen) atoms. The maximum Gasteiger partial charge on any atom is 0.309 e. The summed E-state index contributed by atoms with van der Waals surface area (Å²) in [4.78, 5) is 11.8. The summed E-state index contributed by atoms with van der Waals surface area (Å²) in [5.74, 6) is 0.717. The van der Waals surface area contributed by atoms with E-state index < -0.39 is 11.4 Å². The van der Waals surface area contributed by atoms with Crippen molar-refractivity contribution < 1.29 is 9.90 Å². The molecule has 1 fully saturated rings. The molecule has 0 bridgehead atoms. The van der Waals surface area contributed by atoms with E-state index in [1.54, 1.807) is 0 Å². The quantitative estimate of drug-likeness (QED) is 0.853. The zero-order valence-corrected chi connectivity index (χ0v) is 13.4. The van der Waals surface area contributed by atoms with Gasteiger partial charge in [0.25, 0.3) is 0 Å². The Hall–Kier alpha value is -1.31. The fraction of sp³-hybridized carbons (Fsp3) is 0.632. The van der Waals surface area contributed by atoms with Crippen LogP contribution in [0.3, 0.4) is 0 Å². The predicted molar refractivity (Wildman–Crippen MR) is 84.7 cm³/mol.